The van der Waals surface area contributed by atoms with Crippen LogP contribution in [0, 0.1) is 11.8 Å². The zero-order valence-electron chi connectivity index (χ0n) is 9.83. The first-order valence-electron chi connectivity index (χ1n) is 6.20. The summed E-state index contributed by atoms with van der Waals surface area (Å²) in [5, 5.41) is 3.33. The Morgan fingerprint density at radius 2 is 1.87 bits per heavy atom. The molecule has 0 aromatic heterocycles. The van der Waals surface area contributed by atoms with E-state index in [1.54, 1.807) is 0 Å². The fourth-order valence-electron chi connectivity index (χ4n) is 2.59. The quantitative estimate of drug-likeness (QED) is 0.706. The number of hydrogen-bond acceptors (Lipinski definition) is 2. The molecule has 0 radical (unpaired) electrons. The molecular weight excluding hydrogens is 188 g/mol. The number of rotatable bonds is 1. The van der Waals surface area contributed by atoms with Crippen LogP contribution in [0.4, 0.5) is 0 Å². The summed E-state index contributed by atoms with van der Waals surface area (Å²) in [5.41, 5.74) is 0. The summed E-state index contributed by atoms with van der Waals surface area (Å²) in [6.07, 6.45) is 3.44. The number of carbonyl (C=O) groups excluding carboxylic acids is 1. The summed E-state index contributed by atoms with van der Waals surface area (Å²) < 4.78 is 0. The molecule has 3 nitrogen and oxygen atoms in total. The monoisotopic (exact) mass is 210 g/mol. The zero-order chi connectivity index (χ0) is 10.8. The van der Waals surface area contributed by atoms with Crippen LogP contribution >= 0.6 is 0 Å². The molecule has 86 valence electrons. The topological polar surface area (TPSA) is 32.3 Å². The molecule has 2 aliphatic heterocycles. The van der Waals surface area contributed by atoms with E-state index in [0.29, 0.717) is 17.7 Å². The van der Waals surface area contributed by atoms with Gasteiger partial charge in [-0.05, 0) is 31.2 Å². The van der Waals surface area contributed by atoms with Crippen molar-refractivity contribution in [2.45, 2.75) is 39.2 Å². The minimum Gasteiger partial charge on any atom is -0.341 e. The van der Waals surface area contributed by atoms with Crippen molar-refractivity contribution < 1.29 is 4.79 Å². The van der Waals surface area contributed by atoms with E-state index in [2.05, 4.69) is 24.1 Å². The molecule has 2 rings (SSSR count). The maximum atomic E-state index is 12.2. The van der Waals surface area contributed by atoms with E-state index in [4.69, 9.17) is 0 Å². The van der Waals surface area contributed by atoms with Crippen molar-refractivity contribution in [2.75, 3.05) is 19.6 Å². The third kappa shape index (κ3) is 2.33. The minimum absolute atomic E-state index is 0.108. The van der Waals surface area contributed by atoms with Crippen LogP contribution in [0.5, 0.6) is 0 Å². The molecule has 2 unspecified atom stereocenters. The van der Waals surface area contributed by atoms with Crippen molar-refractivity contribution in [1.82, 2.24) is 10.2 Å². The Bertz CT molecular complexity index is 226. The Morgan fingerprint density at radius 3 is 2.40 bits per heavy atom. The van der Waals surface area contributed by atoms with Gasteiger partial charge < -0.3 is 10.2 Å². The highest BCUT2D eigenvalue weighted by molar-refractivity contribution is 5.82. The minimum atomic E-state index is 0.108. The Labute approximate surface area is 92.2 Å². The Hall–Kier alpha value is -0.570. The predicted molar refractivity (Wildman–Crippen MR) is 60.5 cm³/mol. The summed E-state index contributed by atoms with van der Waals surface area (Å²) in [6.45, 7) is 7.41. The van der Waals surface area contributed by atoms with Gasteiger partial charge in [0.25, 0.3) is 0 Å². The van der Waals surface area contributed by atoms with Crippen LogP contribution in [0.3, 0.4) is 0 Å². The first-order valence-corrected chi connectivity index (χ1v) is 6.20. The highest BCUT2D eigenvalue weighted by Gasteiger charge is 2.33. The fourth-order valence-corrected chi connectivity index (χ4v) is 2.59. The van der Waals surface area contributed by atoms with E-state index in [-0.39, 0.29) is 6.04 Å². The highest BCUT2D eigenvalue weighted by atomic mass is 16.2. The Morgan fingerprint density at radius 1 is 1.20 bits per heavy atom. The number of likely N-dealkylation sites (tertiary alicyclic amines) is 1. The standard InChI is InChI=1S/C12H22N2O/c1-9-7-14(8-10(9)2)12(15)11-5-3-4-6-13-11/h9-11,13H,3-8H2,1-2H3/t9?,10?,11-/m0/s1. The normalized spacial score (nSPS) is 36.9. The third-order valence-electron chi connectivity index (χ3n) is 3.91. The second-order valence-electron chi connectivity index (χ2n) is 5.20. The van der Waals surface area contributed by atoms with Crippen LogP contribution in [0.15, 0.2) is 0 Å². The van der Waals surface area contributed by atoms with Crippen molar-refractivity contribution in [3.05, 3.63) is 0 Å². The molecular formula is C12H22N2O. The first-order chi connectivity index (χ1) is 7.18. The van der Waals surface area contributed by atoms with E-state index in [9.17, 15) is 4.79 Å². The molecule has 1 N–H and O–H groups in total. The van der Waals surface area contributed by atoms with Gasteiger partial charge in [-0.3, -0.25) is 4.79 Å². The summed E-state index contributed by atoms with van der Waals surface area (Å²) in [7, 11) is 0. The molecule has 0 bridgehead atoms. The van der Waals surface area contributed by atoms with Crippen molar-refractivity contribution in [3.63, 3.8) is 0 Å². The number of nitrogens with zero attached hydrogens (tertiary/aromatic N) is 1. The van der Waals surface area contributed by atoms with Crippen LogP contribution < -0.4 is 5.32 Å². The number of carbonyl (C=O) groups is 1. The summed E-state index contributed by atoms with van der Waals surface area (Å²) in [4.78, 5) is 14.2. The molecule has 2 aliphatic rings. The van der Waals surface area contributed by atoms with Gasteiger partial charge in [0, 0.05) is 13.1 Å². The van der Waals surface area contributed by atoms with Gasteiger partial charge in [-0.15, -0.1) is 0 Å². The van der Waals surface area contributed by atoms with Crippen molar-refractivity contribution in [1.29, 1.82) is 0 Å². The smallest absolute Gasteiger partial charge is 0.239 e. The lowest BCUT2D eigenvalue weighted by molar-refractivity contribution is -0.133. The molecule has 0 aliphatic carbocycles. The highest BCUT2D eigenvalue weighted by Crippen LogP contribution is 2.23. The number of amides is 1. The number of hydrogen-bond donors (Lipinski definition) is 1. The average Bonchev–Trinajstić information content (AvgIpc) is 2.59. The van der Waals surface area contributed by atoms with Crippen molar-refractivity contribution >= 4 is 5.91 Å². The van der Waals surface area contributed by atoms with Crippen molar-refractivity contribution in [3.8, 4) is 0 Å². The Balaban J connectivity index is 1.90. The molecule has 0 aromatic carbocycles. The van der Waals surface area contributed by atoms with Crippen LogP contribution in [0.25, 0.3) is 0 Å². The molecule has 0 spiro atoms. The molecule has 0 aromatic rings. The van der Waals surface area contributed by atoms with Crippen LogP contribution in [0.2, 0.25) is 0 Å². The van der Waals surface area contributed by atoms with Crippen LogP contribution in [0.1, 0.15) is 33.1 Å². The van der Waals surface area contributed by atoms with Gasteiger partial charge in [-0.25, -0.2) is 0 Å². The molecule has 1 amide bonds. The van der Waals surface area contributed by atoms with Gasteiger partial charge in [0.2, 0.25) is 5.91 Å². The maximum absolute atomic E-state index is 12.2. The van der Waals surface area contributed by atoms with Gasteiger partial charge in [-0.1, -0.05) is 20.3 Å². The fraction of sp³-hybridized carbons (Fsp3) is 0.917. The molecule has 2 saturated heterocycles. The van der Waals surface area contributed by atoms with Crippen LogP contribution in [-0.4, -0.2) is 36.5 Å². The lowest BCUT2D eigenvalue weighted by Gasteiger charge is -2.27. The maximum Gasteiger partial charge on any atom is 0.239 e. The first kappa shape index (κ1) is 10.9. The van der Waals surface area contributed by atoms with Gasteiger partial charge in [0.1, 0.15) is 0 Å². The van der Waals surface area contributed by atoms with E-state index in [0.717, 1.165) is 26.1 Å². The lowest BCUT2D eigenvalue weighted by Crippen LogP contribution is -2.47. The van der Waals surface area contributed by atoms with E-state index < -0.39 is 0 Å². The Kier molecular flexibility index (Phi) is 3.29. The number of piperidine rings is 1. The van der Waals surface area contributed by atoms with E-state index in [1.165, 1.54) is 12.8 Å². The van der Waals surface area contributed by atoms with Gasteiger partial charge in [0.05, 0.1) is 6.04 Å². The third-order valence-corrected chi connectivity index (χ3v) is 3.91. The zero-order valence-corrected chi connectivity index (χ0v) is 9.83. The van der Waals surface area contributed by atoms with Gasteiger partial charge in [0.15, 0.2) is 0 Å². The SMILES string of the molecule is CC1CN(C(=O)[C@@H]2CCCCN2)CC1C. The average molecular weight is 210 g/mol. The summed E-state index contributed by atoms with van der Waals surface area (Å²) in [5.74, 6) is 1.67. The lowest BCUT2D eigenvalue weighted by atomic mass is 10.0. The second kappa shape index (κ2) is 4.52. The molecule has 2 fully saturated rings. The number of nitrogens with one attached hydrogen (secondary N) is 1. The largest absolute Gasteiger partial charge is 0.341 e. The molecule has 15 heavy (non-hydrogen) atoms. The summed E-state index contributed by atoms with van der Waals surface area (Å²) >= 11 is 0. The predicted octanol–water partition coefficient (Wildman–Crippen LogP) is 1.24. The van der Waals surface area contributed by atoms with E-state index in [1.807, 2.05) is 0 Å². The van der Waals surface area contributed by atoms with Gasteiger partial charge >= 0.3 is 0 Å². The molecule has 3 heteroatoms. The second-order valence-corrected chi connectivity index (χ2v) is 5.20. The van der Waals surface area contributed by atoms with E-state index >= 15 is 0 Å². The summed E-state index contributed by atoms with van der Waals surface area (Å²) in [6, 6.07) is 0.108. The molecule has 3 atom stereocenters. The van der Waals surface area contributed by atoms with Crippen molar-refractivity contribution in [2.24, 2.45) is 11.8 Å². The molecule has 2 heterocycles. The van der Waals surface area contributed by atoms with Gasteiger partial charge in [-0.2, -0.15) is 0 Å². The van der Waals surface area contributed by atoms with Crippen LogP contribution in [-0.2, 0) is 4.79 Å². The molecule has 0 saturated carbocycles.